The van der Waals surface area contributed by atoms with E-state index in [4.69, 9.17) is 11.6 Å². The Bertz CT molecular complexity index is 990. The van der Waals surface area contributed by atoms with Gasteiger partial charge in [-0.25, -0.2) is 4.98 Å². The van der Waals surface area contributed by atoms with Gasteiger partial charge < -0.3 is 4.90 Å². The molecule has 1 atom stereocenters. The van der Waals surface area contributed by atoms with Gasteiger partial charge in [0.25, 0.3) is 5.69 Å². The SMILES string of the molecule is CC1CCCCN1c1nc(Cl)nc2scc(-c3cccc([N+](=O)[O-])c3)c12. The van der Waals surface area contributed by atoms with E-state index in [1.807, 2.05) is 11.4 Å². The van der Waals surface area contributed by atoms with Crippen molar-refractivity contribution in [3.05, 3.63) is 45.0 Å². The summed E-state index contributed by atoms with van der Waals surface area (Å²) in [6.45, 7) is 3.12. The molecule has 2 aromatic heterocycles. The van der Waals surface area contributed by atoms with Gasteiger partial charge in [0, 0.05) is 35.7 Å². The molecule has 26 heavy (non-hydrogen) atoms. The molecule has 0 amide bonds. The molecule has 6 nitrogen and oxygen atoms in total. The molecule has 1 aliphatic rings. The fourth-order valence-corrected chi connectivity index (χ4v) is 4.67. The fourth-order valence-electron chi connectivity index (χ4n) is 3.52. The number of benzene rings is 1. The summed E-state index contributed by atoms with van der Waals surface area (Å²) in [7, 11) is 0. The van der Waals surface area contributed by atoms with E-state index in [1.54, 1.807) is 12.1 Å². The Morgan fingerprint density at radius 2 is 2.19 bits per heavy atom. The molecule has 0 aliphatic carbocycles. The average molecular weight is 389 g/mol. The van der Waals surface area contributed by atoms with E-state index in [0.29, 0.717) is 6.04 Å². The highest BCUT2D eigenvalue weighted by atomic mass is 35.5. The summed E-state index contributed by atoms with van der Waals surface area (Å²) in [5.74, 6) is 0.829. The monoisotopic (exact) mass is 388 g/mol. The summed E-state index contributed by atoms with van der Waals surface area (Å²) in [4.78, 5) is 22.8. The van der Waals surface area contributed by atoms with Gasteiger partial charge in [-0.3, -0.25) is 10.1 Å². The Labute approximate surface area is 159 Å². The summed E-state index contributed by atoms with van der Waals surface area (Å²) >= 11 is 7.67. The van der Waals surface area contributed by atoms with Gasteiger partial charge in [-0.05, 0) is 43.4 Å². The van der Waals surface area contributed by atoms with Crippen LogP contribution < -0.4 is 4.90 Å². The van der Waals surface area contributed by atoms with Gasteiger partial charge in [0.05, 0.1) is 10.3 Å². The summed E-state index contributed by atoms with van der Waals surface area (Å²) < 4.78 is 0. The standard InChI is InChI=1S/C18H17ClN4O2S/c1-11-5-2-3-8-22(11)16-15-14(10-26-17(15)21-18(19)20-16)12-6-4-7-13(9-12)23(24)25/h4,6-7,9-11H,2-3,5,8H2,1H3. The number of anilines is 1. The zero-order valence-electron chi connectivity index (χ0n) is 14.2. The molecule has 1 saturated heterocycles. The highest BCUT2D eigenvalue weighted by molar-refractivity contribution is 7.17. The van der Waals surface area contributed by atoms with Crippen LogP contribution in [-0.4, -0.2) is 27.5 Å². The average Bonchev–Trinajstić information content (AvgIpc) is 3.05. The second-order valence-electron chi connectivity index (χ2n) is 6.49. The van der Waals surface area contributed by atoms with E-state index < -0.39 is 0 Å². The first-order valence-corrected chi connectivity index (χ1v) is 9.76. The van der Waals surface area contributed by atoms with E-state index in [2.05, 4.69) is 21.8 Å². The predicted molar refractivity (Wildman–Crippen MR) is 105 cm³/mol. The molecule has 0 bridgehead atoms. The van der Waals surface area contributed by atoms with E-state index in [0.717, 1.165) is 46.5 Å². The van der Waals surface area contributed by atoms with Crippen molar-refractivity contribution in [1.82, 2.24) is 9.97 Å². The van der Waals surface area contributed by atoms with Gasteiger partial charge >= 0.3 is 0 Å². The number of hydrogen-bond donors (Lipinski definition) is 0. The third-order valence-corrected chi connectivity index (χ3v) is 5.87. The number of nitro benzene ring substituents is 1. The fraction of sp³-hybridized carbons (Fsp3) is 0.333. The van der Waals surface area contributed by atoms with E-state index in [-0.39, 0.29) is 15.9 Å². The molecule has 0 saturated carbocycles. The molecule has 0 spiro atoms. The third kappa shape index (κ3) is 3.01. The molecule has 1 unspecified atom stereocenters. The Balaban J connectivity index is 1.92. The molecule has 0 N–H and O–H groups in total. The lowest BCUT2D eigenvalue weighted by Crippen LogP contribution is -2.38. The van der Waals surface area contributed by atoms with Crippen LogP contribution in [-0.2, 0) is 0 Å². The minimum Gasteiger partial charge on any atom is -0.353 e. The van der Waals surface area contributed by atoms with Crippen molar-refractivity contribution in [1.29, 1.82) is 0 Å². The van der Waals surface area contributed by atoms with Crippen molar-refractivity contribution < 1.29 is 4.92 Å². The summed E-state index contributed by atoms with van der Waals surface area (Å²) in [5, 5.41) is 14.3. The first kappa shape index (κ1) is 17.2. The molecule has 134 valence electrons. The lowest BCUT2D eigenvalue weighted by Gasteiger charge is -2.35. The largest absolute Gasteiger partial charge is 0.353 e. The number of halogens is 1. The Hall–Kier alpha value is -2.25. The van der Waals surface area contributed by atoms with Crippen LogP contribution in [0.25, 0.3) is 21.3 Å². The van der Waals surface area contributed by atoms with Crippen molar-refractivity contribution >= 4 is 44.7 Å². The van der Waals surface area contributed by atoms with Gasteiger partial charge in [0.15, 0.2) is 0 Å². The van der Waals surface area contributed by atoms with Crippen molar-refractivity contribution in [2.75, 3.05) is 11.4 Å². The number of nitro groups is 1. The Kier molecular flexibility index (Phi) is 4.50. The van der Waals surface area contributed by atoms with Crippen LogP contribution in [0.15, 0.2) is 29.6 Å². The minimum atomic E-state index is -0.376. The maximum Gasteiger partial charge on any atom is 0.270 e. The normalized spacial score (nSPS) is 17.6. The smallest absolute Gasteiger partial charge is 0.270 e. The van der Waals surface area contributed by atoms with Crippen molar-refractivity contribution in [3.8, 4) is 11.1 Å². The summed E-state index contributed by atoms with van der Waals surface area (Å²) in [6.07, 6.45) is 3.43. The number of hydrogen-bond acceptors (Lipinski definition) is 6. The molecule has 8 heteroatoms. The molecule has 0 radical (unpaired) electrons. The highest BCUT2D eigenvalue weighted by Gasteiger charge is 2.25. The second kappa shape index (κ2) is 6.81. The first-order valence-electron chi connectivity index (χ1n) is 8.51. The molecular weight excluding hydrogens is 372 g/mol. The summed E-state index contributed by atoms with van der Waals surface area (Å²) in [5.41, 5.74) is 1.78. The van der Waals surface area contributed by atoms with Crippen LogP contribution in [0.2, 0.25) is 5.28 Å². The molecule has 3 heterocycles. The van der Waals surface area contributed by atoms with Gasteiger partial charge in [-0.1, -0.05) is 12.1 Å². The van der Waals surface area contributed by atoms with Gasteiger partial charge in [0.1, 0.15) is 10.6 Å². The quantitative estimate of drug-likeness (QED) is 0.346. The number of aromatic nitrogens is 2. The maximum absolute atomic E-state index is 11.1. The highest BCUT2D eigenvalue weighted by Crippen LogP contribution is 2.41. The number of nitrogens with zero attached hydrogens (tertiary/aromatic N) is 4. The maximum atomic E-state index is 11.1. The van der Waals surface area contributed by atoms with Gasteiger partial charge in [0.2, 0.25) is 5.28 Å². The number of fused-ring (bicyclic) bond motifs is 1. The lowest BCUT2D eigenvalue weighted by atomic mass is 10.0. The molecule has 1 aliphatic heterocycles. The minimum absolute atomic E-state index is 0.0737. The van der Waals surface area contributed by atoms with Crippen molar-refractivity contribution in [3.63, 3.8) is 0 Å². The third-order valence-electron chi connectivity index (χ3n) is 4.83. The van der Waals surface area contributed by atoms with Crippen molar-refractivity contribution in [2.24, 2.45) is 0 Å². The van der Waals surface area contributed by atoms with Gasteiger partial charge in [-0.15, -0.1) is 11.3 Å². The molecule has 1 fully saturated rings. The zero-order valence-corrected chi connectivity index (χ0v) is 15.8. The van der Waals surface area contributed by atoms with Crippen LogP contribution in [0.4, 0.5) is 11.5 Å². The second-order valence-corrected chi connectivity index (χ2v) is 7.69. The summed E-state index contributed by atoms with van der Waals surface area (Å²) in [6, 6.07) is 7.05. The number of non-ortho nitro benzene ring substituents is 1. The number of thiophene rings is 1. The van der Waals surface area contributed by atoms with E-state index >= 15 is 0 Å². The van der Waals surface area contributed by atoms with Crippen LogP contribution in [0, 0.1) is 10.1 Å². The molecular formula is C18H17ClN4O2S. The topological polar surface area (TPSA) is 72.2 Å². The van der Waals surface area contributed by atoms with E-state index in [9.17, 15) is 10.1 Å². The Morgan fingerprint density at radius 1 is 1.35 bits per heavy atom. The van der Waals surface area contributed by atoms with Crippen LogP contribution in [0.5, 0.6) is 0 Å². The first-order chi connectivity index (χ1) is 12.5. The Morgan fingerprint density at radius 3 is 2.96 bits per heavy atom. The van der Waals surface area contributed by atoms with Crippen LogP contribution in [0.1, 0.15) is 26.2 Å². The van der Waals surface area contributed by atoms with Crippen LogP contribution in [0.3, 0.4) is 0 Å². The number of rotatable bonds is 3. The molecule has 1 aromatic carbocycles. The van der Waals surface area contributed by atoms with Crippen molar-refractivity contribution in [2.45, 2.75) is 32.2 Å². The van der Waals surface area contributed by atoms with Gasteiger partial charge in [-0.2, -0.15) is 4.98 Å². The zero-order chi connectivity index (χ0) is 18.3. The number of piperidine rings is 1. The van der Waals surface area contributed by atoms with Crippen LogP contribution >= 0.6 is 22.9 Å². The molecule has 3 aromatic rings. The molecule has 4 rings (SSSR count). The lowest BCUT2D eigenvalue weighted by molar-refractivity contribution is -0.384. The van der Waals surface area contributed by atoms with E-state index in [1.165, 1.54) is 23.8 Å². The predicted octanol–water partition coefficient (Wildman–Crippen LogP) is 5.30.